The molecule has 0 saturated heterocycles. The van der Waals surface area contributed by atoms with Crippen molar-refractivity contribution >= 4 is 11.6 Å². The van der Waals surface area contributed by atoms with Gasteiger partial charge in [0.1, 0.15) is 5.75 Å². The van der Waals surface area contributed by atoms with E-state index in [1.807, 2.05) is 24.3 Å². The van der Waals surface area contributed by atoms with Crippen LogP contribution in [0.15, 0.2) is 24.3 Å². The first kappa shape index (κ1) is 11.3. The Balaban J connectivity index is 1.89. The van der Waals surface area contributed by atoms with Gasteiger partial charge in [0.15, 0.2) is 0 Å². The Morgan fingerprint density at radius 3 is 2.76 bits per heavy atom. The van der Waals surface area contributed by atoms with Crippen molar-refractivity contribution in [2.24, 2.45) is 5.73 Å². The zero-order chi connectivity index (χ0) is 11.9. The van der Waals surface area contributed by atoms with Crippen LogP contribution in [0.5, 0.6) is 5.75 Å². The van der Waals surface area contributed by atoms with Crippen LogP contribution >= 0.6 is 0 Å². The maximum Gasteiger partial charge on any atom is 0.244 e. The van der Waals surface area contributed by atoms with Crippen molar-refractivity contribution in [3.63, 3.8) is 0 Å². The maximum absolute atomic E-state index is 5.48. The number of nitrogens with one attached hydrogen (secondary N) is 2. The van der Waals surface area contributed by atoms with Gasteiger partial charge in [-0.2, -0.15) is 0 Å². The SMILES string of the molecule is NCCCOc1ccc(Nc2nnn[nH]2)cc1. The number of hydrogen-bond acceptors (Lipinski definition) is 6. The molecule has 2 aromatic rings. The second-order valence-corrected chi connectivity index (χ2v) is 3.39. The van der Waals surface area contributed by atoms with E-state index in [0.717, 1.165) is 17.9 Å². The topological polar surface area (TPSA) is 102 Å². The van der Waals surface area contributed by atoms with Crippen molar-refractivity contribution in [3.8, 4) is 5.75 Å². The molecule has 0 aliphatic rings. The molecule has 0 saturated carbocycles. The van der Waals surface area contributed by atoms with Crippen molar-refractivity contribution in [1.82, 2.24) is 20.6 Å². The van der Waals surface area contributed by atoms with Gasteiger partial charge in [-0.15, -0.1) is 0 Å². The fourth-order valence-electron chi connectivity index (χ4n) is 1.26. The number of aromatic amines is 1. The molecule has 0 fully saturated rings. The van der Waals surface area contributed by atoms with Crippen LogP contribution in [0.3, 0.4) is 0 Å². The lowest BCUT2D eigenvalue weighted by Crippen LogP contribution is -2.06. The predicted octanol–water partition coefficient (Wildman–Crippen LogP) is 0.671. The first-order valence-corrected chi connectivity index (χ1v) is 5.32. The highest BCUT2D eigenvalue weighted by Crippen LogP contribution is 2.17. The van der Waals surface area contributed by atoms with E-state index in [9.17, 15) is 0 Å². The predicted molar refractivity (Wildman–Crippen MR) is 63.1 cm³/mol. The summed E-state index contributed by atoms with van der Waals surface area (Å²) in [5.41, 5.74) is 6.26. The molecule has 0 aliphatic heterocycles. The van der Waals surface area contributed by atoms with E-state index >= 15 is 0 Å². The molecule has 7 heteroatoms. The number of nitrogens with two attached hydrogens (primary N) is 1. The van der Waals surface area contributed by atoms with Gasteiger partial charge in [-0.3, -0.25) is 0 Å². The Labute approximate surface area is 98.4 Å². The average molecular weight is 234 g/mol. The second-order valence-electron chi connectivity index (χ2n) is 3.39. The average Bonchev–Trinajstić information content (AvgIpc) is 2.85. The summed E-state index contributed by atoms with van der Waals surface area (Å²) in [5, 5.41) is 16.3. The summed E-state index contributed by atoms with van der Waals surface area (Å²) in [6.07, 6.45) is 0.851. The van der Waals surface area contributed by atoms with Gasteiger partial charge in [0.25, 0.3) is 0 Å². The number of H-pyrrole nitrogens is 1. The van der Waals surface area contributed by atoms with Gasteiger partial charge in [0.05, 0.1) is 6.61 Å². The smallest absolute Gasteiger partial charge is 0.244 e. The minimum Gasteiger partial charge on any atom is -0.494 e. The summed E-state index contributed by atoms with van der Waals surface area (Å²) in [7, 11) is 0. The molecule has 1 aromatic heterocycles. The van der Waals surface area contributed by atoms with Crippen molar-refractivity contribution in [1.29, 1.82) is 0 Å². The quantitative estimate of drug-likeness (QED) is 0.635. The number of aromatic nitrogens is 4. The Kier molecular flexibility index (Phi) is 3.87. The van der Waals surface area contributed by atoms with Gasteiger partial charge in [0.2, 0.25) is 5.95 Å². The molecule has 1 aromatic carbocycles. The maximum atomic E-state index is 5.48. The molecule has 17 heavy (non-hydrogen) atoms. The molecule has 0 atom stereocenters. The highest BCUT2D eigenvalue weighted by molar-refractivity contribution is 5.53. The molecule has 0 bridgehead atoms. The van der Waals surface area contributed by atoms with E-state index in [2.05, 4.69) is 25.9 Å². The normalized spacial score (nSPS) is 10.2. The summed E-state index contributed by atoms with van der Waals surface area (Å²) in [4.78, 5) is 0. The Morgan fingerprint density at radius 2 is 2.12 bits per heavy atom. The van der Waals surface area contributed by atoms with Crippen LogP contribution < -0.4 is 15.8 Å². The molecule has 2 rings (SSSR count). The molecule has 4 N–H and O–H groups in total. The molecule has 0 unspecified atom stereocenters. The van der Waals surface area contributed by atoms with E-state index in [0.29, 0.717) is 19.1 Å². The number of hydrogen-bond donors (Lipinski definition) is 3. The van der Waals surface area contributed by atoms with Gasteiger partial charge in [-0.25, -0.2) is 5.10 Å². The lowest BCUT2D eigenvalue weighted by molar-refractivity contribution is 0.313. The molecule has 0 aliphatic carbocycles. The van der Waals surface area contributed by atoms with Crippen LogP contribution in [0.2, 0.25) is 0 Å². The third-order valence-electron chi connectivity index (χ3n) is 2.08. The standard InChI is InChI=1S/C10H14N6O/c11-6-1-7-17-9-4-2-8(3-5-9)12-10-13-15-16-14-10/h2-5H,1,6-7,11H2,(H2,12,13,14,15,16). The summed E-state index contributed by atoms with van der Waals surface area (Å²) in [6.45, 7) is 1.27. The minimum atomic E-state index is 0.502. The van der Waals surface area contributed by atoms with Crippen LogP contribution in [0.4, 0.5) is 11.6 Å². The zero-order valence-electron chi connectivity index (χ0n) is 9.26. The number of benzene rings is 1. The fourth-order valence-corrected chi connectivity index (χ4v) is 1.26. The molecule has 0 radical (unpaired) electrons. The number of anilines is 2. The highest BCUT2D eigenvalue weighted by Gasteiger charge is 1.98. The van der Waals surface area contributed by atoms with E-state index in [1.54, 1.807) is 0 Å². The molecule has 90 valence electrons. The molecular formula is C10H14N6O. The van der Waals surface area contributed by atoms with Crippen molar-refractivity contribution in [2.75, 3.05) is 18.5 Å². The van der Waals surface area contributed by atoms with Crippen molar-refractivity contribution in [2.45, 2.75) is 6.42 Å². The molecule has 0 spiro atoms. The molecule has 0 amide bonds. The van der Waals surface area contributed by atoms with Crippen LogP contribution in [-0.2, 0) is 0 Å². The fraction of sp³-hybridized carbons (Fsp3) is 0.300. The number of rotatable bonds is 6. The Bertz CT molecular complexity index is 427. The van der Waals surface area contributed by atoms with Crippen LogP contribution in [0.1, 0.15) is 6.42 Å². The molecule has 7 nitrogen and oxygen atoms in total. The third kappa shape index (κ3) is 3.42. The Hall–Kier alpha value is -2.15. The van der Waals surface area contributed by atoms with E-state index in [-0.39, 0.29) is 0 Å². The number of tetrazole rings is 1. The monoisotopic (exact) mass is 234 g/mol. The summed E-state index contributed by atoms with van der Waals surface area (Å²) in [6, 6.07) is 7.53. The van der Waals surface area contributed by atoms with Gasteiger partial charge in [-0.1, -0.05) is 5.10 Å². The lowest BCUT2D eigenvalue weighted by atomic mass is 10.3. The van der Waals surface area contributed by atoms with Crippen molar-refractivity contribution in [3.05, 3.63) is 24.3 Å². The van der Waals surface area contributed by atoms with E-state index in [1.165, 1.54) is 0 Å². The first-order valence-electron chi connectivity index (χ1n) is 5.32. The van der Waals surface area contributed by atoms with Gasteiger partial charge in [0, 0.05) is 5.69 Å². The third-order valence-corrected chi connectivity index (χ3v) is 2.08. The van der Waals surface area contributed by atoms with Crippen LogP contribution in [-0.4, -0.2) is 33.8 Å². The van der Waals surface area contributed by atoms with E-state index < -0.39 is 0 Å². The van der Waals surface area contributed by atoms with E-state index in [4.69, 9.17) is 10.5 Å². The summed E-state index contributed by atoms with van der Waals surface area (Å²) >= 11 is 0. The highest BCUT2D eigenvalue weighted by atomic mass is 16.5. The van der Waals surface area contributed by atoms with Crippen LogP contribution in [0.25, 0.3) is 0 Å². The second kappa shape index (κ2) is 5.80. The number of ether oxygens (including phenoxy) is 1. The summed E-state index contributed by atoms with van der Waals surface area (Å²) in [5.74, 6) is 1.32. The van der Waals surface area contributed by atoms with Crippen LogP contribution in [0, 0.1) is 0 Å². The first-order chi connectivity index (χ1) is 8.38. The Morgan fingerprint density at radius 1 is 1.29 bits per heavy atom. The number of nitrogens with zero attached hydrogens (tertiary/aromatic N) is 3. The summed E-state index contributed by atoms with van der Waals surface area (Å²) < 4.78 is 5.48. The van der Waals surface area contributed by atoms with Gasteiger partial charge < -0.3 is 15.8 Å². The van der Waals surface area contributed by atoms with Gasteiger partial charge in [-0.05, 0) is 47.7 Å². The van der Waals surface area contributed by atoms with Crippen molar-refractivity contribution < 1.29 is 4.74 Å². The molecule has 1 heterocycles. The lowest BCUT2D eigenvalue weighted by Gasteiger charge is -2.06. The molecular weight excluding hydrogens is 220 g/mol. The minimum absolute atomic E-state index is 0.502. The largest absolute Gasteiger partial charge is 0.494 e. The zero-order valence-corrected chi connectivity index (χ0v) is 9.26. The van der Waals surface area contributed by atoms with Gasteiger partial charge >= 0.3 is 0 Å².